The average Bonchev–Trinajstić information content (AvgIpc) is 3.52. The van der Waals surface area contributed by atoms with E-state index in [0.29, 0.717) is 6.42 Å². The fourth-order valence-corrected chi connectivity index (χ4v) is 6.50. The summed E-state index contributed by atoms with van der Waals surface area (Å²) >= 11 is 1.86. The monoisotopic (exact) mass is 452 g/mol. The average molecular weight is 453 g/mol. The number of nitrogens with one attached hydrogen (secondary N) is 2. The Morgan fingerprint density at radius 2 is 1.66 bits per heavy atom. The summed E-state index contributed by atoms with van der Waals surface area (Å²) in [5.41, 5.74) is 1.68. The van der Waals surface area contributed by atoms with Gasteiger partial charge in [-0.15, -0.1) is 11.3 Å². The molecule has 32 heavy (non-hydrogen) atoms. The van der Waals surface area contributed by atoms with E-state index in [1.165, 1.54) is 36.4 Å². The fourth-order valence-electron chi connectivity index (χ4n) is 5.57. The Balaban J connectivity index is 1.20. The first-order chi connectivity index (χ1) is 15.6. The highest BCUT2D eigenvalue weighted by Gasteiger charge is 2.52. The van der Waals surface area contributed by atoms with E-state index in [-0.39, 0.29) is 17.9 Å². The Morgan fingerprint density at radius 3 is 2.34 bits per heavy atom. The van der Waals surface area contributed by atoms with Crippen molar-refractivity contribution in [3.63, 3.8) is 0 Å². The molecular weight excluding hydrogens is 420 g/mol. The maximum atomic E-state index is 12.9. The third-order valence-corrected chi connectivity index (χ3v) is 8.24. The van der Waals surface area contributed by atoms with Crippen molar-refractivity contribution in [1.29, 1.82) is 0 Å². The number of hydrogen-bond donors (Lipinski definition) is 2. The molecule has 2 aromatic rings. The number of hydrogen-bond acceptors (Lipinski definition) is 5. The molecule has 3 amide bonds. The molecule has 7 heteroatoms. The topological polar surface area (TPSA) is 64.7 Å². The number of carbonyl (C=O) groups is 2. The summed E-state index contributed by atoms with van der Waals surface area (Å²) in [5.74, 6) is -0.0333. The molecule has 0 saturated carbocycles. The molecule has 0 bridgehead atoms. The summed E-state index contributed by atoms with van der Waals surface area (Å²) in [7, 11) is 0. The van der Waals surface area contributed by atoms with E-state index >= 15 is 0 Å². The van der Waals surface area contributed by atoms with Crippen LogP contribution in [0.3, 0.4) is 0 Å². The van der Waals surface area contributed by atoms with Crippen LogP contribution in [0.4, 0.5) is 4.79 Å². The third-order valence-electron chi connectivity index (χ3n) is 7.27. The fraction of sp³-hybridized carbons (Fsp3) is 0.520. The molecule has 4 heterocycles. The van der Waals surface area contributed by atoms with Crippen molar-refractivity contribution in [1.82, 2.24) is 20.4 Å². The summed E-state index contributed by atoms with van der Waals surface area (Å²) in [6, 6.07) is 12.0. The number of nitrogens with zero attached hydrogens (tertiary/aromatic N) is 2. The van der Waals surface area contributed by atoms with Gasteiger partial charge in [-0.3, -0.25) is 19.9 Å². The van der Waals surface area contributed by atoms with Gasteiger partial charge in [0, 0.05) is 24.4 Å². The van der Waals surface area contributed by atoms with Crippen molar-refractivity contribution in [2.24, 2.45) is 5.92 Å². The highest BCUT2D eigenvalue weighted by atomic mass is 32.1. The predicted octanol–water partition coefficient (Wildman–Crippen LogP) is 3.38. The highest BCUT2D eigenvalue weighted by molar-refractivity contribution is 7.10. The number of amides is 3. The van der Waals surface area contributed by atoms with E-state index in [1.54, 1.807) is 0 Å². The van der Waals surface area contributed by atoms with Crippen molar-refractivity contribution < 1.29 is 9.59 Å². The molecule has 0 spiro atoms. The molecule has 1 atom stereocenters. The van der Waals surface area contributed by atoms with Crippen LogP contribution in [0.5, 0.6) is 0 Å². The third kappa shape index (κ3) is 4.60. The van der Waals surface area contributed by atoms with Crippen LogP contribution in [0.2, 0.25) is 0 Å². The molecular formula is C25H32N4O2S. The number of urea groups is 1. The van der Waals surface area contributed by atoms with Gasteiger partial charge in [0.15, 0.2) is 0 Å². The second-order valence-corrected chi connectivity index (χ2v) is 10.5. The van der Waals surface area contributed by atoms with Gasteiger partial charge < -0.3 is 5.32 Å². The zero-order valence-electron chi connectivity index (χ0n) is 18.5. The van der Waals surface area contributed by atoms with Crippen LogP contribution in [0.25, 0.3) is 0 Å². The first-order valence-corrected chi connectivity index (χ1v) is 12.7. The Kier molecular flexibility index (Phi) is 6.31. The van der Waals surface area contributed by atoms with Crippen LogP contribution in [-0.4, -0.2) is 53.5 Å². The smallest absolute Gasteiger partial charge is 0.322 e. The zero-order valence-corrected chi connectivity index (χ0v) is 19.3. The van der Waals surface area contributed by atoms with Crippen LogP contribution in [0.15, 0.2) is 41.8 Å². The standard InChI is InChI=1S/C25H32N4O2S/c30-23-25(27-24(31)26-23,15-19-6-2-1-3-7-19)21-8-12-29(13-9-21)17-22-14-20(18-32-22)16-28-10-4-5-11-28/h1-3,6-7,14,18,21H,4-5,8-13,15-17H2,(H2,26,27,30,31)/t25-/m0/s1. The molecule has 6 nitrogen and oxygen atoms in total. The zero-order chi connectivity index (χ0) is 22.0. The van der Waals surface area contributed by atoms with Crippen molar-refractivity contribution in [2.75, 3.05) is 26.2 Å². The van der Waals surface area contributed by atoms with Gasteiger partial charge in [0.25, 0.3) is 5.91 Å². The van der Waals surface area contributed by atoms with Gasteiger partial charge in [0.1, 0.15) is 5.54 Å². The van der Waals surface area contributed by atoms with E-state index in [9.17, 15) is 9.59 Å². The molecule has 3 aliphatic rings. The molecule has 3 saturated heterocycles. The lowest BCUT2D eigenvalue weighted by Crippen LogP contribution is -2.57. The van der Waals surface area contributed by atoms with Gasteiger partial charge >= 0.3 is 6.03 Å². The summed E-state index contributed by atoms with van der Waals surface area (Å²) in [4.78, 5) is 31.5. The Bertz CT molecular complexity index is 948. The summed E-state index contributed by atoms with van der Waals surface area (Å²) < 4.78 is 0. The van der Waals surface area contributed by atoms with Gasteiger partial charge in [0.2, 0.25) is 0 Å². The number of thiophene rings is 1. The molecule has 3 fully saturated rings. The summed E-state index contributed by atoms with van der Waals surface area (Å²) in [6.45, 7) is 6.41. The number of imide groups is 1. The molecule has 3 aliphatic heterocycles. The van der Waals surface area contributed by atoms with Crippen molar-refractivity contribution in [3.8, 4) is 0 Å². The highest BCUT2D eigenvalue weighted by Crippen LogP contribution is 2.34. The largest absolute Gasteiger partial charge is 0.323 e. The van der Waals surface area contributed by atoms with Gasteiger partial charge in [-0.1, -0.05) is 30.3 Å². The van der Waals surface area contributed by atoms with Crippen LogP contribution in [0, 0.1) is 5.92 Å². The lowest BCUT2D eigenvalue weighted by atomic mass is 9.74. The minimum atomic E-state index is -0.837. The molecule has 1 aromatic heterocycles. The number of rotatable bonds is 7. The van der Waals surface area contributed by atoms with E-state index in [1.807, 2.05) is 41.7 Å². The van der Waals surface area contributed by atoms with Crippen LogP contribution in [-0.2, 0) is 24.3 Å². The molecule has 170 valence electrons. The van der Waals surface area contributed by atoms with Crippen molar-refractivity contribution in [2.45, 2.75) is 50.7 Å². The molecule has 2 N–H and O–H groups in total. The number of likely N-dealkylation sites (tertiary alicyclic amines) is 2. The molecule has 0 unspecified atom stereocenters. The first-order valence-electron chi connectivity index (χ1n) is 11.8. The number of benzene rings is 1. The molecule has 0 aliphatic carbocycles. The van der Waals surface area contributed by atoms with Crippen molar-refractivity contribution >= 4 is 23.3 Å². The molecule has 5 rings (SSSR count). The quantitative estimate of drug-likeness (QED) is 0.632. The van der Waals surface area contributed by atoms with Crippen LogP contribution in [0.1, 0.15) is 41.7 Å². The Hall–Kier alpha value is -2.22. The van der Waals surface area contributed by atoms with E-state index in [2.05, 4.69) is 31.9 Å². The summed E-state index contributed by atoms with van der Waals surface area (Å²) in [5, 5.41) is 7.83. The first kappa shape index (κ1) is 21.6. The van der Waals surface area contributed by atoms with E-state index in [4.69, 9.17) is 0 Å². The normalized spacial score (nSPS) is 25.2. The van der Waals surface area contributed by atoms with E-state index < -0.39 is 5.54 Å². The molecule has 0 radical (unpaired) electrons. The van der Waals surface area contributed by atoms with Crippen molar-refractivity contribution in [3.05, 3.63) is 57.8 Å². The minimum absolute atomic E-state index is 0.138. The Morgan fingerprint density at radius 1 is 0.938 bits per heavy atom. The minimum Gasteiger partial charge on any atom is -0.323 e. The predicted molar refractivity (Wildman–Crippen MR) is 126 cm³/mol. The number of piperidine rings is 1. The second-order valence-electron chi connectivity index (χ2n) is 9.50. The number of carbonyl (C=O) groups excluding carboxylic acids is 2. The van der Waals surface area contributed by atoms with Crippen LogP contribution >= 0.6 is 11.3 Å². The van der Waals surface area contributed by atoms with Gasteiger partial charge in [-0.25, -0.2) is 4.79 Å². The maximum Gasteiger partial charge on any atom is 0.322 e. The Labute approximate surface area is 194 Å². The SMILES string of the molecule is O=C1NC(=O)[C@](Cc2ccccc2)(C2CCN(Cc3cc(CN4CCCC4)cs3)CC2)N1. The van der Waals surface area contributed by atoms with Gasteiger partial charge in [-0.2, -0.15) is 0 Å². The summed E-state index contributed by atoms with van der Waals surface area (Å²) in [6.07, 6.45) is 5.02. The van der Waals surface area contributed by atoms with E-state index in [0.717, 1.165) is 44.6 Å². The van der Waals surface area contributed by atoms with Crippen LogP contribution < -0.4 is 10.6 Å². The second kappa shape index (κ2) is 9.33. The lowest BCUT2D eigenvalue weighted by molar-refractivity contribution is -0.126. The maximum absolute atomic E-state index is 12.9. The lowest BCUT2D eigenvalue weighted by Gasteiger charge is -2.40. The van der Waals surface area contributed by atoms with Gasteiger partial charge in [0.05, 0.1) is 0 Å². The van der Waals surface area contributed by atoms with Gasteiger partial charge in [-0.05, 0) is 80.4 Å². The molecule has 1 aromatic carbocycles.